The van der Waals surface area contributed by atoms with E-state index >= 15 is 0 Å². The fourth-order valence-electron chi connectivity index (χ4n) is 2.13. The average Bonchev–Trinajstić information content (AvgIpc) is 2.71. The molecule has 2 N–H and O–H groups in total. The van der Waals surface area contributed by atoms with Gasteiger partial charge in [0.05, 0.1) is 46.2 Å². The third-order valence-electron chi connectivity index (χ3n) is 3.66. The molecule has 177 valence electrons. The molecule has 0 saturated heterocycles. The van der Waals surface area contributed by atoms with Gasteiger partial charge in [-0.05, 0) is 13.3 Å². The van der Waals surface area contributed by atoms with E-state index in [2.05, 4.69) is 12.2 Å². The van der Waals surface area contributed by atoms with Crippen molar-refractivity contribution in [2.24, 2.45) is 0 Å². The number of nitrogens with one attached hydrogen (secondary N) is 1. The van der Waals surface area contributed by atoms with Gasteiger partial charge >= 0.3 is 0 Å². The molecule has 1 radical (unpaired) electrons. The molecule has 0 heterocycles. The van der Waals surface area contributed by atoms with E-state index in [1.54, 1.807) is 0 Å². The topological polar surface area (TPSA) is 103 Å². The van der Waals surface area contributed by atoms with Crippen molar-refractivity contribution in [3.05, 3.63) is 0 Å². The summed E-state index contributed by atoms with van der Waals surface area (Å²) in [5.74, 6) is 0.00618. The van der Waals surface area contributed by atoms with Crippen LogP contribution in [0.3, 0.4) is 0 Å². The molecule has 0 atom stereocenters. The maximum absolute atomic E-state index is 10.5. The third-order valence-corrected chi connectivity index (χ3v) is 3.66. The number of ketones is 1. The van der Waals surface area contributed by atoms with Gasteiger partial charge < -0.3 is 29.4 Å². The van der Waals surface area contributed by atoms with Crippen molar-refractivity contribution in [3.63, 3.8) is 0 Å². The molecule has 0 aliphatic rings. The van der Waals surface area contributed by atoms with Gasteiger partial charge in [0, 0.05) is 45.9 Å². The van der Waals surface area contributed by atoms with Crippen LogP contribution in [0.4, 0.5) is 0 Å². The number of carbonyl (C=O) groups excluding carboxylic acids is 2. The van der Waals surface area contributed by atoms with Crippen LogP contribution in [-0.2, 0) is 61.2 Å². The van der Waals surface area contributed by atoms with Crippen LogP contribution in [0.25, 0.3) is 0 Å². The molecule has 0 aromatic carbocycles. The number of hydrogen-bond donors (Lipinski definition) is 2. The van der Waals surface area contributed by atoms with E-state index in [4.69, 9.17) is 24.1 Å². The van der Waals surface area contributed by atoms with Crippen LogP contribution in [0, 0.1) is 0 Å². The van der Waals surface area contributed by atoms with Crippen LogP contribution in [0.2, 0.25) is 0 Å². The predicted octanol–water partition coefficient (Wildman–Crippen LogP) is 2.11. The summed E-state index contributed by atoms with van der Waals surface area (Å²) < 4.78 is 20.7. The summed E-state index contributed by atoms with van der Waals surface area (Å²) in [7, 11) is 0. The molecule has 0 aliphatic heterocycles. The summed E-state index contributed by atoms with van der Waals surface area (Å²) >= 11 is 0. The zero-order valence-electron chi connectivity index (χ0n) is 19.1. The molecular weight excluding hydrogens is 467 g/mol. The van der Waals surface area contributed by atoms with Crippen LogP contribution in [0.5, 0.6) is 0 Å². The number of rotatable bonds is 22. The first-order chi connectivity index (χ1) is 14.2. The second-order valence-electron chi connectivity index (χ2n) is 6.51. The Morgan fingerprint density at radius 3 is 1.73 bits per heavy atom. The van der Waals surface area contributed by atoms with Crippen LogP contribution >= 0.6 is 0 Å². The number of Topliss-reactive ketones (excluding diaryl/α,β-unsaturated/α-hetero) is 1. The molecule has 0 bridgehead atoms. The number of ether oxygens (including phenoxy) is 4. The minimum Gasteiger partial charge on any atom is -0.396 e. The van der Waals surface area contributed by atoms with Gasteiger partial charge in [0.2, 0.25) is 6.41 Å². The normalized spacial score (nSPS) is 9.97. The molecule has 0 aromatic rings. The van der Waals surface area contributed by atoms with Crippen molar-refractivity contribution in [1.29, 1.82) is 0 Å². The first-order valence-corrected chi connectivity index (χ1v) is 10.8. The SMILES string of the molecule is CC(=O)COCCOCCOCCOCCNC=O.CCCCCCCCCO.[Y]. The van der Waals surface area contributed by atoms with Crippen LogP contribution in [0.1, 0.15) is 58.8 Å². The zero-order chi connectivity index (χ0) is 21.8. The van der Waals surface area contributed by atoms with E-state index in [0.29, 0.717) is 65.8 Å². The monoisotopic (exact) mass is 510 g/mol. The first kappa shape index (κ1) is 34.7. The number of unbranched alkanes of at least 4 members (excludes halogenated alkanes) is 6. The van der Waals surface area contributed by atoms with Gasteiger partial charge in [0.25, 0.3) is 0 Å². The molecule has 0 fully saturated rings. The van der Waals surface area contributed by atoms with Gasteiger partial charge in [0.15, 0.2) is 5.78 Å². The van der Waals surface area contributed by atoms with Gasteiger partial charge in [-0.2, -0.15) is 0 Å². The molecule has 0 aromatic heterocycles. The number of hydrogen-bond acceptors (Lipinski definition) is 7. The maximum Gasteiger partial charge on any atom is 0.207 e. The second kappa shape index (κ2) is 33.7. The molecule has 0 spiro atoms. The minimum absolute atomic E-state index is 0. The Labute approximate surface area is 208 Å². The van der Waals surface area contributed by atoms with Crippen molar-refractivity contribution in [1.82, 2.24) is 5.32 Å². The van der Waals surface area contributed by atoms with Crippen molar-refractivity contribution in [2.45, 2.75) is 58.8 Å². The summed E-state index contributed by atoms with van der Waals surface area (Å²) in [5, 5.41) is 11.0. The molecule has 30 heavy (non-hydrogen) atoms. The first-order valence-electron chi connectivity index (χ1n) is 10.8. The second-order valence-corrected chi connectivity index (χ2v) is 6.51. The standard InChI is InChI=1S/C12H23NO6.C9H20O.Y/c1-12(15)10-19-9-8-18-7-6-17-5-4-16-3-2-13-11-14;1-2-3-4-5-6-7-8-9-10;/h11H,2-10H2,1H3,(H,13,14);10H,2-9H2,1H3;. The van der Waals surface area contributed by atoms with Crippen LogP contribution in [-0.4, -0.2) is 83.3 Å². The molecule has 8 nitrogen and oxygen atoms in total. The molecule has 0 unspecified atom stereocenters. The Morgan fingerprint density at radius 1 is 0.800 bits per heavy atom. The van der Waals surface area contributed by atoms with E-state index in [1.165, 1.54) is 45.4 Å². The Hall–Kier alpha value is 0.0439. The van der Waals surface area contributed by atoms with Crippen molar-refractivity contribution in [3.8, 4) is 0 Å². The molecule has 0 aliphatic carbocycles. The summed E-state index contributed by atoms with van der Waals surface area (Å²) in [6.45, 7) is 8.01. The Morgan fingerprint density at radius 2 is 1.27 bits per heavy atom. The Balaban J connectivity index is -0.000000563. The summed E-state index contributed by atoms with van der Waals surface area (Å²) in [6, 6.07) is 0. The summed E-state index contributed by atoms with van der Waals surface area (Å²) in [6.07, 6.45) is 9.57. The zero-order valence-corrected chi connectivity index (χ0v) is 21.9. The molecule has 1 amide bonds. The Kier molecular flexibility index (Phi) is 38.9. The smallest absolute Gasteiger partial charge is 0.207 e. The van der Waals surface area contributed by atoms with Crippen LogP contribution in [0.15, 0.2) is 0 Å². The third kappa shape index (κ3) is 38.6. The van der Waals surface area contributed by atoms with Gasteiger partial charge in [-0.25, -0.2) is 0 Å². The molecular formula is C21H43NO7Y. The quantitative estimate of drug-likeness (QED) is 0.170. The number of amides is 1. The Bertz CT molecular complexity index is 328. The number of aliphatic hydroxyl groups excluding tert-OH is 1. The van der Waals surface area contributed by atoms with E-state index in [0.717, 1.165) is 6.42 Å². The number of aliphatic hydroxyl groups is 1. The van der Waals surface area contributed by atoms with E-state index in [9.17, 15) is 9.59 Å². The maximum atomic E-state index is 10.5. The molecule has 0 saturated carbocycles. The van der Waals surface area contributed by atoms with Crippen molar-refractivity contribution >= 4 is 12.2 Å². The van der Waals surface area contributed by atoms with E-state index in [1.807, 2.05) is 0 Å². The number of carbonyl (C=O) groups is 2. The van der Waals surface area contributed by atoms with Crippen molar-refractivity contribution < 1.29 is 66.4 Å². The molecule has 9 heteroatoms. The average molecular weight is 510 g/mol. The predicted molar refractivity (Wildman–Crippen MR) is 113 cm³/mol. The van der Waals surface area contributed by atoms with Gasteiger partial charge in [-0.1, -0.05) is 45.4 Å². The van der Waals surface area contributed by atoms with Gasteiger partial charge in [0.1, 0.15) is 6.61 Å². The van der Waals surface area contributed by atoms with Gasteiger partial charge in [-0.3, -0.25) is 9.59 Å². The largest absolute Gasteiger partial charge is 0.396 e. The van der Waals surface area contributed by atoms with Crippen LogP contribution < -0.4 is 5.32 Å². The molecule has 0 rings (SSSR count). The summed E-state index contributed by atoms with van der Waals surface area (Å²) in [4.78, 5) is 20.5. The fourth-order valence-corrected chi connectivity index (χ4v) is 2.13. The summed E-state index contributed by atoms with van der Waals surface area (Å²) in [5.41, 5.74) is 0. The van der Waals surface area contributed by atoms with E-state index in [-0.39, 0.29) is 45.1 Å². The minimum atomic E-state index is 0. The fraction of sp³-hybridized carbons (Fsp3) is 0.905. The van der Waals surface area contributed by atoms with Crippen molar-refractivity contribution in [2.75, 3.05) is 66.0 Å². The van der Waals surface area contributed by atoms with E-state index < -0.39 is 0 Å². The van der Waals surface area contributed by atoms with Gasteiger partial charge in [-0.15, -0.1) is 0 Å².